The molecular weight excluding hydrogens is 537 g/mol. The Morgan fingerprint density at radius 2 is 2.00 bits per heavy atom. The van der Waals surface area contributed by atoms with E-state index in [-0.39, 0.29) is 46.4 Å². The highest BCUT2D eigenvalue weighted by Crippen LogP contribution is 2.43. The molecule has 0 unspecified atom stereocenters. The Kier molecular flexibility index (Phi) is 8.69. The van der Waals surface area contributed by atoms with Crippen LogP contribution in [-0.4, -0.2) is 56.9 Å². The van der Waals surface area contributed by atoms with Gasteiger partial charge in [0.05, 0.1) is 22.2 Å². The van der Waals surface area contributed by atoms with E-state index in [0.29, 0.717) is 12.8 Å². The predicted octanol–water partition coefficient (Wildman–Crippen LogP) is 5.11. The van der Waals surface area contributed by atoms with Gasteiger partial charge in [-0.05, 0) is 49.3 Å². The molecule has 7 nitrogen and oxygen atoms in total. The normalized spacial score (nSPS) is 22.6. The Bertz CT molecular complexity index is 1170. The molecule has 1 heterocycles. The number of benzene rings is 1. The van der Waals surface area contributed by atoms with Crippen molar-refractivity contribution in [1.29, 1.82) is 0 Å². The molecule has 1 aromatic carbocycles. The van der Waals surface area contributed by atoms with Gasteiger partial charge in [-0.1, -0.05) is 38.4 Å². The molecule has 1 fully saturated rings. The molecule has 38 heavy (non-hydrogen) atoms. The van der Waals surface area contributed by atoms with Gasteiger partial charge >= 0.3 is 12.8 Å². The van der Waals surface area contributed by atoms with Crippen LogP contribution in [0.1, 0.15) is 56.1 Å². The quantitative estimate of drug-likeness (QED) is 0.385. The van der Waals surface area contributed by atoms with Gasteiger partial charge in [-0.15, -0.1) is 0 Å². The lowest BCUT2D eigenvalue weighted by atomic mass is 9.77. The van der Waals surface area contributed by atoms with Crippen molar-refractivity contribution in [3.63, 3.8) is 0 Å². The fourth-order valence-corrected chi connectivity index (χ4v) is 4.86. The molecule has 0 aliphatic heterocycles. The maximum absolute atomic E-state index is 13.4. The van der Waals surface area contributed by atoms with Gasteiger partial charge < -0.3 is 20.3 Å². The lowest BCUT2D eigenvalue weighted by Crippen LogP contribution is -2.54. The Hall–Kier alpha value is -2.44. The molecule has 1 aliphatic rings. The van der Waals surface area contributed by atoms with Crippen molar-refractivity contribution < 1.29 is 41.7 Å². The zero-order chi connectivity index (χ0) is 28.6. The monoisotopic (exact) mass is 567 g/mol. The molecule has 0 spiro atoms. The lowest BCUT2D eigenvalue weighted by Gasteiger charge is -2.39. The van der Waals surface area contributed by atoms with Crippen molar-refractivity contribution >= 4 is 17.5 Å². The summed E-state index contributed by atoms with van der Waals surface area (Å²) in [6, 6.07) is 3.70. The summed E-state index contributed by atoms with van der Waals surface area (Å²) in [6.45, 7) is 0.416. The summed E-state index contributed by atoms with van der Waals surface area (Å²) in [5.41, 5.74) is -3.79. The third-order valence-electron chi connectivity index (χ3n) is 7.01. The molecule has 3 N–H and O–H groups in total. The largest absolute Gasteiger partial charge is 0.434 e. The number of aryl methyl sites for hydroxylation is 1. The van der Waals surface area contributed by atoms with Gasteiger partial charge in [0, 0.05) is 19.2 Å². The van der Waals surface area contributed by atoms with E-state index in [9.17, 15) is 37.0 Å². The molecule has 212 valence electrons. The number of aliphatic hydroxyl groups is 2. The molecule has 1 aromatic heterocycles. The molecule has 0 saturated heterocycles. The molecule has 3 atom stereocenters. The molecular formula is C25H31ClF5N3O4. The van der Waals surface area contributed by atoms with E-state index in [2.05, 4.69) is 15.2 Å². The number of carbonyl (C=O) groups excluding carboxylic acids is 1. The summed E-state index contributed by atoms with van der Waals surface area (Å²) in [5, 5.41) is 27.4. The van der Waals surface area contributed by atoms with Gasteiger partial charge in [-0.3, -0.25) is 9.48 Å². The Labute approximate surface area is 221 Å². The SMILES string of the molecule is C[C@H]1CC[C@](O)(CNC(=O)c2nn(C)c(-c3ccc(CC(C)(C)C(F)(F)F)cc3OC(F)F)c2Cl)[C@@H](O)C1. The van der Waals surface area contributed by atoms with E-state index in [1.807, 2.05) is 6.92 Å². The number of alkyl halides is 5. The van der Waals surface area contributed by atoms with Crippen molar-refractivity contribution in [1.82, 2.24) is 15.1 Å². The smallest absolute Gasteiger partial charge is 0.394 e. The third kappa shape index (κ3) is 6.40. The van der Waals surface area contributed by atoms with Crippen LogP contribution in [0.4, 0.5) is 22.0 Å². The van der Waals surface area contributed by atoms with Crippen molar-refractivity contribution in [2.24, 2.45) is 18.4 Å². The minimum absolute atomic E-state index is 0.00627. The number of rotatable bonds is 8. The molecule has 3 rings (SSSR count). The highest BCUT2D eigenvalue weighted by atomic mass is 35.5. The Balaban J connectivity index is 1.90. The summed E-state index contributed by atoms with van der Waals surface area (Å²) >= 11 is 6.43. The third-order valence-corrected chi connectivity index (χ3v) is 7.36. The second-order valence-electron chi connectivity index (χ2n) is 10.6. The number of carbonyl (C=O) groups is 1. The number of halogens is 6. The van der Waals surface area contributed by atoms with Crippen LogP contribution in [0.2, 0.25) is 5.02 Å². The second kappa shape index (κ2) is 11.0. The Morgan fingerprint density at radius 3 is 2.58 bits per heavy atom. The van der Waals surface area contributed by atoms with E-state index in [1.165, 1.54) is 19.2 Å². The zero-order valence-electron chi connectivity index (χ0n) is 21.4. The number of aromatic nitrogens is 2. The number of hydrogen-bond donors (Lipinski definition) is 3. The first-order valence-electron chi connectivity index (χ1n) is 12.0. The maximum Gasteiger partial charge on any atom is 0.394 e. The molecule has 1 amide bonds. The standard InChI is InChI=1S/C25H31ClF5N3O4/c1-13-7-8-24(37,17(35)9-13)12-32-21(36)19-18(26)20(34(4)33-19)15-6-5-14(10-16(15)38-22(27)28)11-23(2,3)25(29,30)31/h5-6,10,13,17,22,35,37H,7-9,11-12H2,1-4H3,(H,32,36)/t13-,17-,24-/m0/s1. The first-order valence-corrected chi connectivity index (χ1v) is 12.4. The first kappa shape index (κ1) is 30.1. The van der Waals surface area contributed by atoms with Crippen LogP contribution in [-0.2, 0) is 13.5 Å². The highest BCUT2D eigenvalue weighted by Gasteiger charge is 2.47. The summed E-state index contributed by atoms with van der Waals surface area (Å²) in [6.07, 6.45) is -4.72. The Morgan fingerprint density at radius 1 is 1.34 bits per heavy atom. The van der Waals surface area contributed by atoms with Crippen LogP contribution < -0.4 is 10.1 Å². The van der Waals surface area contributed by atoms with E-state index < -0.39 is 48.0 Å². The van der Waals surface area contributed by atoms with Gasteiger partial charge in [0.15, 0.2) is 5.69 Å². The number of ether oxygens (including phenoxy) is 1. The number of hydrogen-bond acceptors (Lipinski definition) is 5. The zero-order valence-corrected chi connectivity index (χ0v) is 22.1. The summed E-state index contributed by atoms with van der Waals surface area (Å²) in [5.74, 6) is -0.971. The second-order valence-corrected chi connectivity index (χ2v) is 11.0. The number of aliphatic hydroxyl groups excluding tert-OH is 1. The summed E-state index contributed by atoms with van der Waals surface area (Å²) in [4.78, 5) is 12.9. The van der Waals surface area contributed by atoms with Gasteiger partial charge in [0.25, 0.3) is 5.91 Å². The fourth-order valence-electron chi connectivity index (χ4n) is 4.52. The number of amides is 1. The highest BCUT2D eigenvalue weighted by molar-refractivity contribution is 6.36. The van der Waals surface area contributed by atoms with Gasteiger partial charge in [0.2, 0.25) is 0 Å². The van der Waals surface area contributed by atoms with Crippen molar-refractivity contribution in [3.05, 3.63) is 34.5 Å². The predicted molar refractivity (Wildman–Crippen MR) is 130 cm³/mol. The van der Waals surface area contributed by atoms with Crippen molar-refractivity contribution in [2.75, 3.05) is 6.54 Å². The van der Waals surface area contributed by atoms with Crippen LogP contribution in [0.5, 0.6) is 5.75 Å². The van der Waals surface area contributed by atoms with E-state index in [1.54, 1.807) is 0 Å². The van der Waals surface area contributed by atoms with E-state index in [0.717, 1.165) is 24.6 Å². The topological polar surface area (TPSA) is 96.6 Å². The molecule has 1 aliphatic carbocycles. The van der Waals surface area contributed by atoms with Gasteiger partial charge in [-0.2, -0.15) is 27.1 Å². The van der Waals surface area contributed by atoms with Crippen molar-refractivity contribution in [2.45, 2.75) is 70.9 Å². The van der Waals surface area contributed by atoms with E-state index in [4.69, 9.17) is 11.6 Å². The maximum atomic E-state index is 13.4. The van der Waals surface area contributed by atoms with Crippen molar-refractivity contribution in [3.8, 4) is 17.0 Å². The number of nitrogens with zero attached hydrogens (tertiary/aromatic N) is 2. The van der Waals surface area contributed by atoms with Crippen LogP contribution >= 0.6 is 11.6 Å². The van der Waals surface area contributed by atoms with Crippen LogP contribution in [0.15, 0.2) is 18.2 Å². The van der Waals surface area contributed by atoms with Gasteiger partial charge in [-0.25, -0.2) is 0 Å². The first-order chi connectivity index (χ1) is 17.4. The minimum Gasteiger partial charge on any atom is -0.434 e. The molecule has 1 saturated carbocycles. The van der Waals surface area contributed by atoms with Crippen LogP contribution in [0.3, 0.4) is 0 Å². The molecule has 2 aromatic rings. The van der Waals surface area contributed by atoms with E-state index >= 15 is 0 Å². The molecule has 0 bridgehead atoms. The van der Waals surface area contributed by atoms with Gasteiger partial charge in [0.1, 0.15) is 11.4 Å². The molecule has 0 radical (unpaired) electrons. The minimum atomic E-state index is -4.53. The van der Waals surface area contributed by atoms with Crippen LogP contribution in [0.25, 0.3) is 11.3 Å². The average Bonchev–Trinajstić information content (AvgIpc) is 3.08. The number of nitrogens with one attached hydrogen (secondary N) is 1. The molecule has 13 heteroatoms. The average molecular weight is 568 g/mol. The summed E-state index contributed by atoms with van der Waals surface area (Å²) < 4.78 is 72.3. The van der Waals surface area contributed by atoms with Crippen LogP contribution in [0, 0.1) is 11.3 Å². The lowest BCUT2D eigenvalue weighted by molar-refractivity contribution is -0.211. The summed E-state index contributed by atoms with van der Waals surface area (Å²) in [7, 11) is 1.41. The fraction of sp³-hybridized carbons (Fsp3) is 0.600.